The molecule has 0 spiro atoms. The Bertz CT molecular complexity index is 388. The van der Waals surface area contributed by atoms with Crippen molar-refractivity contribution < 1.29 is 9.47 Å². The Kier molecular flexibility index (Phi) is 6.12. The van der Waals surface area contributed by atoms with Gasteiger partial charge in [-0.15, -0.1) is 0 Å². The third kappa shape index (κ3) is 4.11. The fourth-order valence-electron chi connectivity index (χ4n) is 2.35. The molecule has 0 atom stereocenters. The third-order valence-electron chi connectivity index (χ3n) is 3.49. The first-order valence-electron chi connectivity index (χ1n) is 6.41. The first-order valence-corrected chi connectivity index (χ1v) is 6.41. The molecule has 1 aliphatic heterocycles. The van der Waals surface area contributed by atoms with Gasteiger partial charge in [0.25, 0.3) is 0 Å². The number of nitrogens with zero attached hydrogens (tertiary/aromatic N) is 1. The molecule has 4 heteroatoms. The second-order valence-electron chi connectivity index (χ2n) is 4.80. The van der Waals surface area contributed by atoms with Crippen molar-refractivity contribution in [2.75, 3.05) is 27.3 Å². The Morgan fingerprint density at radius 2 is 1.79 bits per heavy atom. The molecule has 2 N–H and O–H groups in total. The quantitative estimate of drug-likeness (QED) is 0.908. The molecule has 0 unspecified atom stereocenters. The number of likely N-dealkylation sites (tertiary alicyclic amines) is 1. The van der Waals surface area contributed by atoms with Gasteiger partial charge in [0.15, 0.2) is 11.5 Å². The van der Waals surface area contributed by atoms with E-state index in [-0.39, 0.29) is 7.43 Å². The largest absolute Gasteiger partial charge is 0.493 e. The van der Waals surface area contributed by atoms with Crippen LogP contribution in [0.5, 0.6) is 11.5 Å². The van der Waals surface area contributed by atoms with Crippen LogP contribution in [0.1, 0.15) is 25.8 Å². The van der Waals surface area contributed by atoms with Crippen LogP contribution in [0.2, 0.25) is 0 Å². The van der Waals surface area contributed by atoms with Gasteiger partial charge < -0.3 is 15.2 Å². The zero-order chi connectivity index (χ0) is 13.0. The summed E-state index contributed by atoms with van der Waals surface area (Å²) in [5.41, 5.74) is 7.16. The second kappa shape index (κ2) is 7.36. The molecule has 0 aromatic heterocycles. The van der Waals surface area contributed by atoms with Crippen molar-refractivity contribution in [3.63, 3.8) is 0 Å². The topological polar surface area (TPSA) is 47.7 Å². The molecule has 4 nitrogen and oxygen atoms in total. The molecule has 0 amide bonds. The van der Waals surface area contributed by atoms with Crippen LogP contribution in [0.25, 0.3) is 0 Å². The molecule has 1 aromatic carbocycles. The summed E-state index contributed by atoms with van der Waals surface area (Å²) in [4.78, 5) is 2.44. The zero-order valence-corrected chi connectivity index (χ0v) is 11.2. The highest BCUT2D eigenvalue weighted by Gasteiger charge is 2.16. The van der Waals surface area contributed by atoms with Gasteiger partial charge in [-0.25, -0.2) is 0 Å². The van der Waals surface area contributed by atoms with Crippen LogP contribution in [0, 0.1) is 0 Å². The van der Waals surface area contributed by atoms with Crippen molar-refractivity contribution in [2.24, 2.45) is 5.73 Å². The first-order chi connectivity index (χ1) is 8.72. The molecule has 19 heavy (non-hydrogen) atoms. The monoisotopic (exact) mass is 266 g/mol. The van der Waals surface area contributed by atoms with Gasteiger partial charge >= 0.3 is 0 Å². The van der Waals surface area contributed by atoms with E-state index in [1.807, 2.05) is 12.1 Å². The van der Waals surface area contributed by atoms with Crippen molar-refractivity contribution in [2.45, 2.75) is 32.9 Å². The molecule has 1 saturated heterocycles. The van der Waals surface area contributed by atoms with Crippen molar-refractivity contribution in [3.05, 3.63) is 23.8 Å². The lowest BCUT2D eigenvalue weighted by Gasteiger charge is -2.30. The molecule has 0 radical (unpaired) electrons. The van der Waals surface area contributed by atoms with Crippen LogP contribution in [0.4, 0.5) is 0 Å². The lowest BCUT2D eigenvalue weighted by atomic mass is 10.1. The summed E-state index contributed by atoms with van der Waals surface area (Å²) in [6.07, 6.45) is 2.18. The smallest absolute Gasteiger partial charge is 0.161 e. The maximum absolute atomic E-state index is 5.91. The molecule has 1 aromatic rings. The highest BCUT2D eigenvalue weighted by Crippen LogP contribution is 2.28. The average Bonchev–Trinajstić information content (AvgIpc) is 2.41. The molecule has 1 fully saturated rings. The van der Waals surface area contributed by atoms with Gasteiger partial charge in [0.1, 0.15) is 0 Å². The molecule has 0 aliphatic carbocycles. The Labute approximate surface area is 116 Å². The van der Waals surface area contributed by atoms with E-state index in [0.29, 0.717) is 6.04 Å². The first kappa shape index (κ1) is 15.8. The summed E-state index contributed by atoms with van der Waals surface area (Å²) in [6, 6.07) is 6.49. The van der Waals surface area contributed by atoms with E-state index >= 15 is 0 Å². The van der Waals surface area contributed by atoms with Crippen LogP contribution >= 0.6 is 0 Å². The van der Waals surface area contributed by atoms with Gasteiger partial charge in [0.05, 0.1) is 14.2 Å². The van der Waals surface area contributed by atoms with Crippen molar-refractivity contribution in [1.82, 2.24) is 4.90 Å². The number of benzene rings is 1. The molecule has 2 rings (SSSR count). The Morgan fingerprint density at radius 3 is 2.37 bits per heavy atom. The van der Waals surface area contributed by atoms with Gasteiger partial charge in [0.2, 0.25) is 0 Å². The summed E-state index contributed by atoms with van der Waals surface area (Å²) in [5.74, 6) is 1.57. The fourth-order valence-corrected chi connectivity index (χ4v) is 2.35. The predicted octanol–water partition coefficient (Wildman–Crippen LogP) is 2.26. The normalized spacial score (nSPS) is 16.8. The maximum Gasteiger partial charge on any atom is 0.161 e. The van der Waals surface area contributed by atoms with Gasteiger partial charge in [-0.1, -0.05) is 13.5 Å². The fraction of sp³-hybridized carbons (Fsp3) is 0.600. The zero-order valence-electron chi connectivity index (χ0n) is 11.2. The maximum atomic E-state index is 5.91. The number of methoxy groups -OCH3 is 2. The number of piperidine rings is 1. The van der Waals surface area contributed by atoms with E-state index in [9.17, 15) is 0 Å². The molecule has 0 saturated carbocycles. The summed E-state index contributed by atoms with van der Waals surface area (Å²) >= 11 is 0. The van der Waals surface area contributed by atoms with Crippen LogP contribution in [-0.2, 0) is 6.54 Å². The van der Waals surface area contributed by atoms with Gasteiger partial charge in [-0.05, 0) is 43.6 Å². The van der Waals surface area contributed by atoms with Gasteiger partial charge in [-0.3, -0.25) is 4.90 Å². The van der Waals surface area contributed by atoms with E-state index in [1.165, 1.54) is 5.56 Å². The second-order valence-corrected chi connectivity index (χ2v) is 4.80. The lowest BCUT2D eigenvalue weighted by molar-refractivity contribution is 0.205. The van der Waals surface area contributed by atoms with Crippen molar-refractivity contribution in [1.29, 1.82) is 0 Å². The van der Waals surface area contributed by atoms with E-state index in [0.717, 1.165) is 44.0 Å². The summed E-state index contributed by atoms with van der Waals surface area (Å²) in [5, 5.41) is 0. The number of hydrogen-bond acceptors (Lipinski definition) is 4. The standard InChI is InChI=1S/C14H22N2O2.CH4/c1-17-13-4-3-11(9-14(13)18-2)10-16-7-5-12(15)6-8-16;/h3-4,9,12H,5-8,10,15H2,1-2H3;1H4. The SMILES string of the molecule is C.COc1ccc(CN2CCC(N)CC2)cc1OC. The summed E-state index contributed by atoms with van der Waals surface area (Å²) in [6.45, 7) is 3.11. The summed E-state index contributed by atoms with van der Waals surface area (Å²) in [7, 11) is 3.32. The molecular formula is C15H26N2O2. The lowest BCUT2D eigenvalue weighted by Crippen LogP contribution is -2.39. The minimum atomic E-state index is 0. The van der Waals surface area contributed by atoms with Gasteiger partial charge in [0, 0.05) is 12.6 Å². The Balaban J connectivity index is 0.00000180. The van der Waals surface area contributed by atoms with E-state index in [1.54, 1.807) is 14.2 Å². The van der Waals surface area contributed by atoms with Crippen LogP contribution in [0.3, 0.4) is 0 Å². The van der Waals surface area contributed by atoms with Crippen LogP contribution in [0.15, 0.2) is 18.2 Å². The van der Waals surface area contributed by atoms with Crippen molar-refractivity contribution >= 4 is 0 Å². The molecule has 108 valence electrons. The predicted molar refractivity (Wildman–Crippen MR) is 78.8 cm³/mol. The van der Waals surface area contributed by atoms with E-state index < -0.39 is 0 Å². The van der Waals surface area contributed by atoms with Crippen LogP contribution in [-0.4, -0.2) is 38.3 Å². The Hall–Kier alpha value is -1.26. The molecule has 0 bridgehead atoms. The third-order valence-corrected chi connectivity index (χ3v) is 3.49. The van der Waals surface area contributed by atoms with Gasteiger partial charge in [-0.2, -0.15) is 0 Å². The number of hydrogen-bond donors (Lipinski definition) is 1. The van der Waals surface area contributed by atoms with E-state index in [2.05, 4.69) is 11.0 Å². The number of rotatable bonds is 4. The van der Waals surface area contributed by atoms with Crippen LogP contribution < -0.4 is 15.2 Å². The highest BCUT2D eigenvalue weighted by molar-refractivity contribution is 5.42. The highest BCUT2D eigenvalue weighted by atomic mass is 16.5. The Morgan fingerprint density at radius 1 is 1.16 bits per heavy atom. The number of ether oxygens (including phenoxy) is 2. The number of nitrogens with two attached hydrogens (primary N) is 1. The molecule has 1 aliphatic rings. The van der Waals surface area contributed by atoms with Crippen molar-refractivity contribution in [3.8, 4) is 11.5 Å². The molecule has 1 heterocycles. The minimum Gasteiger partial charge on any atom is -0.493 e. The van der Waals surface area contributed by atoms with E-state index in [4.69, 9.17) is 15.2 Å². The summed E-state index contributed by atoms with van der Waals surface area (Å²) < 4.78 is 10.6. The molecular weight excluding hydrogens is 240 g/mol. The minimum absolute atomic E-state index is 0. The average molecular weight is 266 g/mol.